The molecule has 1 rings (SSSR count). The summed E-state index contributed by atoms with van der Waals surface area (Å²) in [6.07, 6.45) is 0.830. The van der Waals surface area contributed by atoms with Crippen LogP contribution in [-0.4, -0.2) is 58.4 Å². The van der Waals surface area contributed by atoms with E-state index in [2.05, 4.69) is 10.2 Å². The van der Waals surface area contributed by atoms with E-state index in [9.17, 15) is 8.42 Å². The smallest absolute Gasteiger partial charge is 0.243 e. The van der Waals surface area contributed by atoms with Crippen LogP contribution in [-0.2, 0) is 16.6 Å². The standard InChI is InChI=1S/C15H27N3O2S/c1-5-18(11-7-10-17(3)4)21(19,20)15-9-6-8-14(12-15)13-16-2/h6,8-9,12,16H,5,7,10-11,13H2,1-4H3. The van der Waals surface area contributed by atoms with Gasteiger partial charge >= 0.3 is 0 Å². The van der Waals surface area contributed by atoms with Gasteiger partial charge in [0.05, 0.1) is 4.90 Å². The molecule has 1 aromatic carbocycles. The fourth-order valence-electron chi connectivity index (χ4n) is 2.18. The van der Waals surface area contributed by atoms with Crippen LogP contribution in [0.2, 0.25) is 0 Å². The Labute approximate surface area is 129 Å². The molecular formula is C15H27N3O2S. The molecule has 0 spiro atoms. The van der Waals surface area contributed by atoms with E-state index in [0.717, 1.165) is 18.5 Å². The van der Waals surface area contributed by atoms with Crippen LogP contribution < -0.4 is 5.32 Å². The van der Waals surface area contributed by atoms with E-state index in [1.807, 2.05) is 34.1 Å². The van der Waals surface area contributed by atoms with Gasteiger partial charge in [-0.1, -0.05) is 19.1 Å². The first kappa shape index (κ1) is 18.1. The maximum Gasteiger partial charge on any atom is 0.243 e. The van der Waals surface area contributed by atoms with Gasteiger partial charge in [-0.15, -0.1) is 0 Å². The fourth-order valence-corrected chi connectivity index (χ4v) is 3.74. The van der Waals surface area contributed by atoms with E-state index in [1.165, 1.54) is 0 Å². The highest BCUT2D eigenvalue weighted by molar-refractivity contribution is 7.89. The Kier molecular flexibility index (Phi) is 7.31. The lowest BCUT2D eigenvalue weighted by Crippen LogP contribution is -2.33. The molecule has 1 aromatic rings. The Bertz CT molecular complexity index is 529. The summed E-state index contributed by atoms with van der Waals surface area (Å²) < 4.78 is 26.9. The maximum atomic E-state index is 12.7. The number of hydrogen-bond acceptors (Lipinski definition) is 4. The molecule has 0 aliphatic carbocycles. The van der Waals surface area contributed by atoms with Gasteiger partial charge in [0.15, 0.2) is 0 Å². The monoisotopic (exact) mass is 313 g/mol. The van der Waals surface area contributed by atoms with E-state index in [-0.39, 0.29) is 0 Å². The minimum atomic E-state index is -3.40. The fraction of sp³-hybridized carbons (Fsp3) is 0.600. The molecule has 0 atom stereocenters. The highest BCUT2D eigenvalue weighted by Gasteiger charge is 2.22. The second-order valence-electron chi connectivity index (χ2n) is 5.33. The third kappa shape index (κ3) is 5.39. The molecule has 6 heteroatoms. The largest absolute Gasteiger partial charge is 0.316 e. The molecule has 0 fully saturated rings. The van der Waals surface area contributed by atoms with Crippen molar-refractivity contribution in [1.82, 2.24) is 14.5 Å². The van der Waals surface area contributed by atoms with Gasteiger partial charge in [0.1, 0.15) is 0 Å². The van der Waals surface area contributed by atoms with Crippen molar-refractivity contribution in [2.24, 2.45) is 0 Å². The Morgan fingerprint density at radius 2 is 1.90 bits per heavy atom. The van der Waals surface area contributed by atoms with Gasteiger partial charge in [-0.2, -0.15) is 4.31 Å². The molecule has 0 saturated heterocycles. The van der Waals surface area contributed by atoms with Crippen molar-refractivity contribution < 1.29 is 8.42 Å². The van der Waals surface area contributed by atoms with Crippen molar-refractivity contribution in [3.8, 4) is 0 Å². The number of rotatable bonds is 9. The molecule has 0 bridgehead atoms. The summed E-state index contributed by atoms with van der Waals surface area (Å²) in [7, 11) is 2.43. The molecule has 0 saturated carbocycles. The Balaban J connectivity index is 2.88. The lowest BCUT2D eigenvalue weighted by atomic mass is 10.2. The third-order valence-corrected chi connectivity index (χ3v) is 5.25. The normalized spacial score (nSPS) is 12.3. The Morgan fingerprint density at radius 3 is 2.48 bits per heavy atom. The summed E-state index contributed by atoms with van der Waals surface area (Å²) in [5.41, 5.74) is 0.975. The number of benzene rings is 1. The molecule has 0 aliphatic heterocycles. The highest BCUT2D eigenvalue weighted by Crippen LogP contribution is 2.17. The van der Waals surface area contributed by atoms with Crippen LogP contribution in [0.25, 0.3) is 0 Å². The van der Waals surface area contributed by atoms with Gasteiger partial charge in [0.2, 0.25) is 10.0 Å². The van der Waals surface area contributed by atoms with Gasteiger partial charge in [-0.05, 0) is 51.8 Å². The summed E-state index contributed by atoms with van der Waals surface area (Å²) in [5, 5.41) is 3.04. The molecule has 21 heavy (non-hydrogen) atoms. The maximum absolute atomic E-state index is 12.7. The molecule has 5 nitrogen and oxygen atoms in total. The predicted molar refractivity (Wildman–Crippen MR) is 86.8 cm³/mol. The summed E-state index contributed by atoms with van der Waals surface area (Å²) in [6.45, 7) is 4.46. The summed E-state index contributed by atoms with van der Waals surface area (Å²) in [4.78, 5) is 2.44. The van der Waals surface area contributed by atoms with Crippen LogP contribution in [0.15, 0.2) is 29.2 Å². The molecule has 1 N–H and O–H groups in total. The predicted octanol–water partition coefficient (Wildman–Crippen LogP) is 1.37. The van der Waals surface area contributed by atoms with Crippen LogP contribution >= 0.6 is 0 Å². The molecule has 0 radical (unpaired) electrons. The topological polar surface area (TPSA) is 52.7 Å². The van der Waals surface area contributed by atoms with Crippen molar-refractivity contribution in [3.05, 3.63) is 29.8 Å². The van der Waals surface area contributed by atoms with E-state index < -0.39 is 10.0 Å². The minimum absolute atomic E-state index is 0.377. The van der Waals surface area contributed by atoms with Crippen LogP contribution in [0, 0.1) is 0 Å². The van der Waals surface area contributed by atoms with E-state index in [0.29, 0.717) is 24.5 Å². The van der Waals surface area contributed by atoms with Crippen molar-refractivity contribution in [2.75, 3.05) is 40.8 Å². The van der Waals surface area contributed by atoms with Gasteiger partial charge in [-0.3, -0.25) is 0 Å². The Hall–Kier alpha value is -0.950. The third-order valence-electron chi connectivity index (χ3n) is 3.28. The van der Waals surface area contributed by atoms with Crippen LogP contribution in [0.4, 0.5) is 0 Å². The van der Waals surface area contributed by atoms with Gasteiger partial charge in [0, 0.05) is 19.6 Å². The number of sulfonamides is 1. The lowest BCUT2D eigenvalue weighted by molar-refractivity contribution is 0.356. The molecular weight excluding hydrogens is 286 g/mol. The Morgan fingerprint density at radius 1 is 1.19 bits per heavy atom. The minimum Gasteiger partial charge on any atom is -0.316 e. The van der Waals surface area contributed by atoms with Crippen LogP contribution in [0.3, 0.4) is 0 Å². The zero-order valence-electron chi connectivity index (χ0n) is 13.5. The van der Waals surface area contributed by atoms with E-state index in [1.54, 1.807) is 22.5 Å². The molecule has 0 heterocycles. The summed E-state index contributed by atoms with van der Waals surface area (Å²) in [5.74, 6) is 0. The van der Waals surface area contributed by atoms with Crippen molar-refractivity contribution in [1.29, 1.82) is 0 Å². The molecule has 0 unspecified atom stereocenters. The van der Waals surface area contributed by atoms with Crippen LogP contribution in [0.5, 0.6) is 0 Å². The van der Waals surface area contributed by atoms with Crippen molar-refractivity contribution in [3.63, 3.8) is 0 Å². The molecule has 0 aliphatic rings. The summed E-state index contributed by atoms with van der Waals surface area (Å²) >= 11 is 0. The molecule has 0 aromatic heterocycles. The number of hydrogen-bond donors (Lipinski definition) is 1. The van der Waals surface area contributed by atoms with Crippen LogP contribution in [0.1, 0.15) is 18.9 Å². The first-order valence-electron chi connectivity index (χ1n) is 7.30. The zero-order valence-corrected chi connectivity index (χ0v) is 14.3. The zero-order chi connectivity index (χ0) is 15.9. The number of nitrogens with zero attached hydrogens (tertiary/aromatic N) is 2. The second kappa shape index (κ2) is 8.48. The highest BCUT2D eigenvalue weighted by atomic mass is 32.2. The lowest BCUT2D eigenvalue weighted by Gasteiger charge is -2.21. The second-order valence-corrected chi connectivity index (χ2v) is 7.27. The van der Waals surface area contributed by atoms with E-state index >= 15 is 0 Å². The van der Waals surface area contributed by atoms with Crippen molar-refractivity contribution >= 4 is 10.0 Å². The van der Waals surface area contributed by atoms with Gasteiger partial charge in [0.25, 0.3) is 0 Å². The van der Waals surface area contributed by atoms with Crippen molar-refractivity contribution in [2.45, 2.75) is 24.8 Å². The number of nitrogens with one attached hydrogen (secondary N) is 1. The first-order chi connectivity index (χ1) is 9.91. The first-order valence-corrected chi connectivity index (χ1v) is 8.74. The van der Waals surface area contributed by atoms with Gasteiger partial charge in [-0.25, -0.2) is 8.42 Å². The average Bonchev–Trinajstić information content (AvgIpc) is 2.44. The van der Waals surface area contributed by atoms with E-state index in [4.69, 9.17) is 0 Å². The van der Waals surface area contributed by atoms with Gasteiger partial charge < -0.3 is 10.2 Å². The quantitative estimate of drug-likeness (QED) is 0.748. The average molecular weight is 313 g/mol. The molecule has 0 amide bonds. The summed E-state index contributed by atoms with van der Waals surface area (Å²) in [6, 6.07) is 7.15. The molecule has 120 valence electrons. The SMILES string of the molecule is CCN(CCCN(C)C)S(=O)(=O)c1cccc(CNC)c1.